The molecule has 2 aromatic carbocycles. The molecule has 2 fully saturated rings. The number of nitrogens with zero attached hydrogens (tertiary/aromatic N) is 1. The zero-order chi connectivity index (χ0) is 20.0. The monoisotopic (exact) mass is 388 g/mol. The van der Waals surface area contributed by atoms with Crippen LogP contribution in [0, 0.1) is 24.1 Å². The third kappa shape index (κ3) is 3.41. The number of hydrogen-bond donors (Lipinski definition) is 1. The second kappa shape index (κ2) is 6.94. The fourth-order valence-electron chi connectivity index (χ4n) is 5.14. The number of carbonyl (C=O) groups excluding carboxylic acids is 1. The van der Waals surface area contributed by atoms with Crippen molar-refractivity contribution < 1.29 is 9.18 Å². The average molecular weight is 388 g/mol. The highest BCUT2D eigenvalue weighted by Gasteiger charge is 2.58. The Labute approximate surface area is 170 Å². The first-order valence-electron chi connectivity index (χ1n) is 10.5. The van der Waals surface area contributed by atoms with Gasteiger partial charge < -0.3 is 5.32 Å². The predicted molar refractivity (Wildman–Crippen MR) is 113 cm³/mol. The standard InChI is InChI=1S/C25H25FN2O/c1-16-2-5-19(6-3-16)28-24(29)22-15-25(22)11-8-17(9-12-25)20-10-13-27-23-7-4-18(26)14-21(20)23/h2-7,10,13-14,17,22H,8-9,11-12,15H2,1H3,(H,28,29)/t17-,22-,25+/m1/s1. The zero-order valence-corrected chi connectivity index (χ0v) is 16.6. The van der Waals surface area contributed by atoms with Crippen molar-refractivity contribution in [2.45, 2.75) is 44.9 Å². The number of hydrogen-bond acceptors (Lipinski definition) is 2. The predicted octanol–water partition coefficient (Wildman–Crippen LogP) is 5.98. The number of aromatic nitrogens is 1. The van der Waals surface area contributed by atoms with Crippen LogP contribution in [0.1, 0.15) is 49.1 Å². The Morgan fingerprint density at radius 3 is 2.62 bits per heavy atom. The normalized spacial score (nSPS) is 25.9. The van der Waals surface area contributed by atoms with Gasteiger partial charge in [0.15, 0.2) is 0 Å². The van der Waals surface area contributed by atoms with Crippen LogP contribution in [-0.2, 0) is 4.79 Å². The lowest BCUT2D eigenvalue weighted by molar-refractivity contribution is -0.118. The van der Waals surface area contributed by atoms with E-state index in [1.807, 2.05) is 43.5 Å². The van der Waals surface area contributed by atoms with E-state index in [-0.39, 0.29) is 23.1 Å². The minimum Gasteiger partial charge on any atom is -0.326 e. The van der Waals surface area contributed by atoms with Crippen molar-refractivity contribution in [2.75, 3.05) is 5.32 Å². The van der Waals surface area contributed by atoms with Crippen LogP contribution in [-0.4, -0.2) is 10.9 Å². The van der Waals surface area contributed by atoms with Crippen molar-refractivity contribution in [2.24, 2.45) is 11.3 Å². The summed E-state index contributed by atoms with van der Waals surface area (Å²) in [6, 6.07) is 14.8. The molecule has 1 amide bonds. The van der Waals surface area contributed by atoms with Crippen LogP contribution in [0.2, 0.25) is 0 Å². The van der Waals surface area contributed by atoms with E-state index in [2.05, 4.69) is 10.3 Å². The van der Waals surface area contributed by atoms with Crippen LogP contribution in [0.15, 0.2) is 54.7 Å². The topological polar surface area (TPSA) is 42.0 Å². The summed E-state index contributed by atoms with van der Waals surface area (Å²) < 4.78 is 13.8. The van der Waals surface area contributed by atoms with Crippen molar-refractivity contribution in [1.82, 2.24) is 4.98 Å². The molecule has 0 saturated heterocycles. The number of carbonyl (C=O) groups is 1. The first-order valence-corrected chi connectivity index (χ1v) is 10.5. The highest BCUT2D eigenvalue weighted by Crippen LogP contribution is 2.63. The Morgan fingerprint density at radius 1 is 1.10 bits per heavy atom. The average Bonchev–Trinajstić information content (AvgIpc) is 3.43. The summed E-state index contributed by atoms with van der Waals surface area (Å²) in [6.45, 7) is 2.04. The van der Waals surface area contributed by atoms with Crippen molar-refractivity contribution in [3.63, 3.8) is 0 Å². The number of pyridine rings is 1. The largest absolute Gasteiger partial charge is 0.326 e. The maximum absolute atomic E-state index is 13.8. The summed E-state index contributed by atoms with van der Waals surface area (Å²) in [7, 11) is 0. The van der Waals surface area contributed by atoms with Crippen molar-refractivity contribution >= 4 is 22.5 Å². The van der Waals surface area contributed by atoms with Gasteiger partial charge in [-0.25, -0.2) is 4.39 Å². The molecule has 0 radical (unpaired) electrons. The minimum atomic E-state index is -0.214. The van der Waals surface area contributed by atoms with Crippen LogP contribution < -0.4 is 5.32 Å². The third-order valence-electron chi connectivity index (χ3n) is 6.98. The highest BCUT2D eigenvalue weighted by atomic mass is 19.1. The molecule has 5 rings (SSSR count). The second-order valence-corrected chi connectivity index (χ2v) is 8.81. The molecule has 2 aliphatic carbocycles. The quantitative estimate of drug-likeness (QED) is 0.599. The lowest BCUT2D eigenvalue weighted by atomic mass is 9.75. The molecule has 3 aromatic rings. The fraction of sp³-hybridized carbons (Fsp3) is 0.360. The highest BCUT2D eigenvalue weighted by molar-refractivity contribution is 5.95. The molecule has 0 aliphatic heterocycles. The van der Waals surface area contributed by atoms with Crippen LogP contribution in [0.4, 0.5) is 10.1 Å². The van der Waals surface area contributed by atoms with Crippen molar-refractivity contribution in [1.29, 1.82) is 0 Å². The van der Waals surface area contributed by atoms with Crippen LogP contribution >= 0.6 is 0 Å². The van der Waals surface area contributed by atoms with Gasteiger partial charge in [-0.1, -0.05) is 17.7 Å². The van der Waals surface area contributed by atoms with E-state index in [9.17, 15) is 9.18 Å². The summed E-state index contributed by atoms with van der Waals surface area (Å²) in [6.07, 6.45) is 7.03. The molecule has 2 saturated carbocycles. The molecule has 2 aliphatic rings. The summed E-state index contributed by atoms with van der Waals surface area (Å²) in [5, 5.41) is 4.02. The maximum atomic E-state index is 13.8. The lowest BCUT2D eigenvalue weighted by Crippen LogP contribution is -2.22. The number of amides is 1. The maximum Gasteiger partial charge on any atom is 0.228 e. The smallest absolute Gasteiger partial charge is 0.228 e. The van der Waals surface area contributed by atoms with Gasteiger partial charge in [0, 0.05) is 23.2 Å². The number of halogens is 1. The first kappa shape index (κ1) is 18.3. The van der Waals surface area contributed by atoms with E-state index >= 15 is 0 Å². The summed E-state index contributed by atoms with van der Waals surface area (Å²) in [5.74, 6) is 0.475. The SMILES string of the molecule is Cc1ccc(NC(=O)[C@H]2C[C@]23CC[C@H](c2ccnc4ccc(F)cc42)CC3)cc1. The molecule has 148 valence electrons. The number of fused-ring (bicyclic) bond motifs is 1. The Hall–Kier alpha value is -2.75. The lowest BCUT2D eigenvalue weighted by Gasteiger charge is -2.30. The van der Waals surface area contributed by atoms with E-state index in [1.165, 1.54) is 17.2 Å². The molecule has 1 N–H and O–H groups in total. The van der Waals surface area contributed by atoms with Crippen LogP contribution in [0.3, 0.4) is 0 Å². The fourth-order valence-corrected chi connectivity index (χ4v) is 5.14. The van der Waals surface area contributed by atoms with E-state index in [0.29, 0.717) is 5.92 Å². The molecule has 0 bridgehead atoms. The Bertz CT molecular complexity index is 1070. The van der Waals surface area contributed by atoms with E-state index in [4.69, 9.17) is 0 Å². The second-order valence-electron chi connectivity index (χ2n) is 8.81. The van der Waals surface area contributed by atoms with Gasteiger partial charge in [0.25, 0.3) is 0 Å². The molecule has 1 atom stereocenters. The molecule has 1 aromatic heterocycles. The minimum absolute atomic E-state index is 0.122. The van der Waals surface area contributed by atoms with Gasteiger partial charge in [-0.05, 0) is 92.3 Å². The van der Waals surface area contributed by atoms with Gasteiger partial charge in [0.1, 0.15) is 5.82 Å². The summed E-state index contributed by atoms with van der Waals surface area (Å²) >= 11 is 0. The van der Waals surface area contributed by atoms with E-state index in [0.717, 1.165) is 48.7 Å². The van der Waals surface area contributed by atoms with Gasteiger partial charge in [0.05, 0.1) is 5.52 Å². The van der Waals surface area contributed by atoms with Gasteiger partial charge >= 0.3 is 0 Å². The number of anilines is 1. The van der Waals surface area contributed by atoms with E-state index in [1.54, 1.807) is 12.1 Å². The first-order chi connectivity index (χ1) is 14.0. The molecule has 1 spiro atoms. The van der Waals surface area contributed by atoms with E-state index < -0.39 is 0 Å². The van der Waals surface area contributed by atoms with Crippen molar-refractivity contribution in [3.8, 4) is 0 Å². The molecule has 3 nitrogen and oxygen atoms in total. The third-order valence-corrected chi connectivity index (χ3v) is 6.98. The number of rotatable bonds is 3. The Balaban J connectivity index is 1.26. The Morgan fingerprint density at radius 2 is 1.86 bits per heavy atom. The molecule has 1 heterocycles. The van der Waals surface area contributed by atoms with Crippen molar-refractivity contribution in [3.05, 3.63) is 71.7 Å². The number of benzene rings is 2. The molecular weight excluding hydrogens is 363 g/mol. The molecule has 4 heteroatoms. The zero-order valence-electron chi connectivity index (χ0n) is 16.6. The summed E-state index contributed by atoms with van der Waals surface area (Å²) in [4.78, 5) is 17.1. The van der Waals surface area contributed by atoms with Gasteiger partial charge in [-0.15, -0.1) is 0 Å². The Kier molecular flexibility index (Phi) is 4.38. The molecular formula is C25H25FN2O. The summed E-state index contributed by atoms with van der Waals surface area (Å²) in [5.41, 5.74) is 4.28. The molecule has 0 unspecified atom stereocenters. The number of nitrogens with one attached hydrogen (secondary N) is 1. The van der Waals surface area contributed by atoms with Crippen LogP contribution in [0.25, 0.3) is 10.9 Å². The van der Waals surface area contributed by atoms with Gasteiger partial charge in [0.2, 0.25) is 5.91 Å². The van der Waals surface area contributed by atoms with Gasteiger partial charge in [-0.2, -0.15) is 0 Å². The van der Waals surface area contributed by atoms with Gasteiger partial charge in [-0.3, -0.25) is 9.78 Å². The van der Waals surface area contributed by atoms with Crippen LogP contribution in [0.5, 0.6) is 0 Å². The number of aryl methyl sites for hydroxylation is 1. The molecule has 29 heavy (non-hydrogen) atoms.